The van der Waals surface area contributed by atoms with Crippen LogP contribution < -0.4 is 9.47 Å². The Kier molecular flexibility index (Phi) is 7.00. The minimum absolute atomic E-state index is 0.0689. The second-order valence-corrected chi connectivity index (χ2v) is 6.39. The van der Waals surface area contributed by atoms with Crippen LogP contribution in [-0.4, -0.2) is 47.5 Å². The van der Waals surface area contributed by atoms with E-state index in [4.69, 9.17) is 14.0 Å². The van der Waals surface area contributed by atoms with Gasteiger partial charge in [0.2, 0.25) is 5.89 Å². The Hall–Kier alpha value is -2.90. The molecule has 0 saturated heterocycles. The Labute approximate surface area is 164 Å². The number of nitrogens with zero attached hydrogens (tertiary/aromatic N) is 3. The lowest BCUT2D eigenvalue weighted by Gasteiger charge is -2.19. The number of aliphatic hydroxyl groups excluding tert-OH is 1. The lowest BCUT2D eigenvalue weighted by Crippen LogP contribution is -2.26. The molecule has 0 atom stereocenters. The second kappa shape index (κ2) is 9.87. The fraction of sp³-hybridized carbons (Fsp3) is 0.333. The van der Waals surface area contributed by atoms with Gasteiger partial charge >= 0.3 is 0 Å². The molecule has 0 saturated carbocycles. The number of hydrogen-bond acceptors (Lipinski definition) is 7. The summed E-state index contributed by atoms with van der Waals surface area (Å²) in [4.78, 5) is 6.57. The highest BCUT2D eigenvalue weighted by Gasteiger charge is 2.14. The van der Waals surface area contributed by atoms with Crippen molar-refractivity contribution in [2.24, 2.45) is 0 Å². The van der Waals surface area contributed by atoms with Crippen LogP contribution in [0, 0.1) is 0 Å². The molecule has 3 aromatic rings. The van der Waals surface area contributed by atoms with Crippen molar-refractivity contribution in [1.82, 2.24) is 15.0 Å². The zero-order chi connectivity index (χ0) is 19.8. The molecule has 7 nitrogen and oxygen atoms in total. The predicted molar refractivity (Wildman–Crippen MR) is 104 cm³/mol. The summed E-state index contributed by atoms with van der Waals surface area (Å²) in [6.07, 6.45) is 0.530. The maximum absolute atomic E-state index is 9.35. The molecule has 2 aromatic carbocycles. The fourth-order valence-electron chi connectivity index (χ4n) is 2.99. The first-order valence-corrected chi connectivity index (χ1v) is 9.11. The SMILES string of the molecule is COc1ccc(Cc2noc(CN(CCO)Cc3ccccc3)n2)cc1OC. The van der Waals surface area contributed by atoms with Crippen LogP contribution in [0.1, 0.15) is 22.8 Å². The first-order chi connectivity index (χ1) is 13.7. The van der Waals surface area contributed by atoms with E-state index < -0.39 is 0 Å². The second-order valence-electron chi connectivity index (χ2n) is 6.39. The molecule has 28 heavy (non-hydrogen) atoms. The molecule has 0 aliphatic heterocycles. The van der Waals surface area contributed by atoms with Crippen LogP contribution in [0.2, 0.25) is 0 Å². The molecule has 0 radical (unpaired) electrons. The van der Waals surface area contributed by atoms with Gasteiger partial charge in [0.15, 0.2) is 17.3 Å². The number of ether oxygens (including phenoxy) is 2. The summed E-state index contributed by atoms with van der Waals surface area (Å²) in [6, 6.07) is 15.8. The van der Waals surface area contributed by atoms with E-state index >= 15 is 0 Å². The van der Waals surface area contributed by atoms with Crippen LogP contribution >= 0.6 is 0 Å². The first kappa shape index (κ1) is 19.9. The molecule has 0 aliphatic carbocycles. The normalized spacial score (nSPS) is 11.0. The maximum atomic E-state index is 9.35. The van der Waals surface area contributed by atoms with Crippen molar-refractivity contribution in [2.45, 2.75) is 19.5 Å². The Morgan fingerprint density at radius 1 is 0.964 bits per heavy atom. The number of hydrogen-bond donors (Lipinski definition) is 1. The number of methoxy groups -OCH3 is 2. The molecule has 0 spiro atoms. The molecule has 1 N–H and O–H groups in total. The Bertz CT molecular complexity index is 867. The van der Waals surface area contributed by atoms with Crippen molar-refractivity contribution < 1.29 is 19.1 Å². The minimum atomic E-state index is 0.0689. The van der Waals surface area contributed by atoms with E-state index in [1.54, 1.807) is 14.2 Å². The fourth-order valence-corrected chi connectivity index (χ4v) is 2.99. The van der Waals surface area contributed by atoms with Gasteiger partial charge in [0.1, 0.15) is 0 Å². The highest BCUT2D eigenvalue weighted by Crippen LogP contribution is 2.28. The Balaban J connectivity index is 1.65. The summed E-state index contributed by atoms with van der Waals surface area (Å²) in [5.41, 5.74) is 2.17. The molecule has 0 amide bonds. The van der Waals surface area contributed by atoms with Crippen molar-refractivity contribution in [3.8, 4) is 11.5 Å². The molecule has 0 aliphatic rings. The summed E-state index contributed by atoms with van der Waals surface area (Å²) in [6.45, 7) is 1.78. The smallest absolute Gasteiger partial charge is 0.240 e. The van der Waals surface area contributed by atoms with Crippen molar-refractivity contribution in [3.05, 3.63) is 71.4 Å². The van der Waals surface area contributed by atoms with Crippen molar-refractivity contribution in [2.75, 3.05) is 27.4 Å². The summed E-state index contributed by atoms with van der Waals surface area (Å²) in [7, 11) is 3.22. The van der Waals surface area contributed by atoms with Gasteiger partial charge in [-0.15, -0.1) is 0 Å². The summed E-state index contributed by atoms with van der Waals surface area (Å²) in [5, 5.41) is 13.4. The molecule has 1 aromatic heterocycles. The first-order valence-electron chi connectivity index (χ1n) is 9.11. The van der Waals surface area contributed by atoms with Crippen LogP contribution in [0.5, 0.6) is 11.5 Å². The maximum Gasteiger partial charge on any atom is 0.240 e. The molecule has 148 valence electrons. The van der Waals surface area contributed by atoms with Gasteiger partial charge in [-0.3, -0.25) is 4.90 Å². The van der Waals surface area contributed by atoms with Gasteiger partial charge in [0, 0.05) is 19.5 Å². The third-order valence-corrected chi connectivity index (χ3v) is 4.34. The van der Waals surface area contributed by atoms with Crippen LogP contribution in [0.25, 0.3) is 0 Å². The molecular formula is C21H25N3O4. The van der Waals surface area contributed by atoms with Crippen LogP contribution in [0.4, 0.5) is 0 Å². The zero-order valence-corrected chi connectivity index (χ0v) is 16.2. The van der Waals surface area contributed by atoms with E-state index in [1.165, 1.54) is 5.56 Å². The van der Waals surface area contributed by atoms with Crippen LogP contribution in [-0.2, 0) is 19.5 Å². The van der Waals surface area contributed by atoms with Gasteiger partial charge in [-0.05, 0) is 23.3 Å². The highest BCUT2D eigenvalue weighted by molar-refractivity contribution is 5.43. The summed E-state index contributed by atoms with van der Waals surface area (Å²) < 4.78 is 16.0. The van der Waals surface area contributed by atoms with Crippen molar-refractivity contribution >= 4 is 0 Å². The lowest BCUT2D eigenvalue weighted by atomic mass is 10.1. The van der Waals surface area contributed by atoms with Gasteiger partial charge in [-0.1, -0.05) is 41.6 Å². The van der Waals surface area contributed by atoms with Gasteiger partial charge in [0.05, 0.1) is 27.4 Å². The Morgan fingerprint density at radius 3 is 2.46 bits per heavy atom. The molecule has 3 rings (SSSR count). The van der Waals surface area contributed by atoms with E-state index in [1.807, 2.05) is 36.4 Å². The van der Waals surface area contributed by atoms with Crippen molar-refractivity contribution in [3.63, 3.8) is 0 Å². The monoisotopic (exact) mass is 383 g/mol. The van der Waals surface area contributed by atoms with E-state index in [0.29, 0.717) is 49.3 Å². The highest BCUT2D eigenvalue weighted by atomic mass is 16.5. The van der Waals surface area contributed by atoms with E-state index in [2.05, 4.69) is 27.2 Å². The minimum Gasteiger partial charge on any atom is -0.493 e. The number of aliphatic hydroxyl groups is 1. The number of benzene rings is 2. The van der Waals surface area contributed by atoms with Gasteiger partial charge in [-0.25, -0.2) is 0 Å². The van der Waals surface area contributed by atoms with E-state index in [0.717, 1.165) is 5.56 Å². The van der Waals surface area contributed by atoms with E-state index in [9.17, 15) is 5.11 Å². The largest absolute Gasteiger partial charge is 0.493 e. The van der Waals surface area contributed by atoms with E-state index in [-0.39, 0.29) is 6.61 Å². The van der Waals surface area contributed by atoms with Crippen molar-refractivity contribution in [1.29, 1.82) is 0 Å². The van der Waals surface area contributed by atoms with Gasteiger partial charge < -0.3 is 19.1 Å². The number of aromatic nitrogens is 2. The molecule has 1 heterocycles. The average molecular weight is 383 g/mol. The Morgan fingerprint density at radius 2 is 1.75 bits per heavy atom. The zero-order valence-electron chi connectivity index (χ0n) is 16.2. The average Bonchev–Trinajstić information content (AvgIpc) is 3.15. The van der Waals surface area contributed by atoms with Crippen LogP contribution in [0.15, 0.2) is 53.1 Å². The predicted octanol–water partition coefficient (Wildman–Crippen LogP) is 2.67. The summed E-state index contributed by atoms with van der Waals surface area (Å²) in [5.74, 6) is 2.48. The molecular weight excluding hydrogens is 358 g/mol. The number of rotatable bonds is 10. The summed E-state index contributed by atoms with van der Waals surface area (Å²) >= 11 is 0. The van der Waals surface area contributed by atoms with Crippen LogP contribution in [0.3, 0.4) is 0 Å². The molecule has 0 fully saturated rings. The van der Waals surface area contributed by atoms with Gasteiger partial charge in [-0.2, -0.15) is 4.98 Å². The molecule has 7 heteroatoms. The third-order valence-electron chi connectivity index (χ3n) is 4.34. The standard InChI is InChI=1S/C21H25N3O4/c1-26-18-9-8-17(12-19(18)27-2)13-20-22-21(28-23-20)15-24(10-11-25)14-16-6-4-3-5-7-16/h3-9,12,25H,10-11,13-15H2,1-2H3. The quantitative estimate of drug-likeness (QED) is 0.576. The topological polar surface area (TPSA) is 80.9 Å². The molecule has 0 unspecified atom stereocenters. The third kappa shape index (κ3) is 5.31. The van der Waals surface area contributed by atoms with Gasteiger partial charge in [0.25, 0.3) is 0 Å². The molecule has 0 bridgehead atoms. The lowest BCUT2D eigenvalue weighted by molar-refractivity contribution is 0.167.